The van der Waals surface area contributed by atoms with Crippen LogP contribution in [0, 0.1) is 11.3 Å². The molecule has 0 spiro atoms. The SMILES string of the molecule is CC1(C)CCC(CN2CCN(c3cccc(C(=O)NS(=O)(=O)c4cnc(OCC5CCOCC5)c(Cl)c4)c3Oc3cnc4[nH]ccc4c3)CC2)=C(c2ccc(Cl)cc2)C1. The minimum Gasteiger partial charge on any atom is -0.476 e. The summed E-state index contributed by atoms with van der Waals surface area (Å²) < 4.78 is 47.3. The number of allylic oxidation sites excluding steroid dienone is 1. The van der Waals surface area contributed by atoms with Crippen molar-refractivity contribution >= 4 is 61.4 Å². The number of hydrogen-bond acceptors (Lipinski definition) is 10. The molecular weight excluding hydrogens is 811 g/mol. The fourth-order valence-electron chi connectivity index (χ4n) is 8.04. The second kappa shape index (κ2) is 17.5. The molecule has 15 heteroatoms. The summed E-state index contributed by atoms with van der Waals surface area (Å²) in [5.41, 5.74) is 5.72. The molecule has 3 aliphatic rings. The minimum atomic E-state index is -4.41. The Kier molecular flexibility index (Phi) is 12.2. The minimum absolute atomic E-state index is 0.0232. The van der Waals surface area contributed by atoms with Gasteiger partial charge in [-0.25, -0.2) is 23.1 Å². The lowest BCUT2D eigenvalue weighted by molar-refractivity contribution is 0.0490. The van der Waals surface area contributed by atoms with E-state index in [0.29, 0.717) is 55.9 Å². The van der Waals surface area contributed by atoms with Crippen LogP contribution in [0.3, 0.4) is 0 Å². The fourth-order valence-corrected chi connectivity index (χ4v) is 9.39. The van der Waals surface area contributed by atoms with Gasteiger partial charge in [0, 0.05) is 62.5 Å². The summed E-state index contributed by atoms with van der Waals surface area (Å²) in [4.78, 5) is 30.2. The van der Waals surface area contributed by atoms with E-state index in [9.17, 15) is 13.2 Å². The molecule has 8 rings (SSSR count). The number of benzene rings is 2. The standard InChI is InChI=1S/C44H48Cl2N6O6S/c1-44(2)14-10-32(37(24-44)30-6-8-33(45)9-7-30)27-51-16-18-52(19-17-51)39-5-3-4-36(40(39)58-34-22-31-11-15-47-41(31)48-25-34)42(53)50-59(54,55)35-23-38(46)43(49-26-35)57-28-29-12-20-56-21-13-29/h3-9,11,15,22-23,25-26,29H,10,12-14,16-21,24,27-28H2,1-2H3,(H,47,48)(H,50,53). The van der Waals surface area contributed by atoms with E-state index in [0.717, 1.165) is 68.3 Å². The van der Waals surface area contributed by atoms with Crippen LogP contribution in [0.15, 0.2) is 89.7 Å². The number of anilines is 1. The largest absolute Gasteiger partial charge is 0.476 e. The van der Waals surface area contributed by atoms with Gasteiger partial charge in [0.25, 0.3) is 15.9 Å². The maximum atomic E-state index is 14.0. The van der Waals surface area contributed by atoms with E-state index in [-0.39, 0.29) is 32.5 Å². The van der Waals surface area contributed by atoms with Gasteiger partial charge in [0.1, 0.15) is 21.3 Å². The van der Waals surface area contributed by atoms with Crippen LogP contribution < -0.4 is 19.1 Å². The molecule has 0 atom stereocenters. The number of fused-ring (bicyclic) bond motifs is 1. The van der Waals surface area contributed by atoms with E-state index < -0.39 is 15.9 Å². The maximum absolute atomic E-state index is 14.0. The summed E-state index contributed by atoms with van der Waals surface area (Å²) in [6, 6.07) is 18.3. The summed E-state index contributed by atoms with van der Waals surface area (Å²) in [6.07, 6.45) is 9.40. The third-order valence-corrected chi connectivity index (χ3v) is 13.3. The summed E-state index contributed by atoms with van der Waals surface area (Å²) in [5, 5.41) is 1.58. The van der Waals surface area contributed by atoms with Crippen LogP contribution in [0.4, 0.5) is 5.69 Å². The summed E-state index contributed by atoms with van der Waals surface area (Å²) in [5.74, 6) is 0.173. The molecule has 0 radical (unpaired) electrons. The number of pyridine rings is 2. The smallest absolute Gasteiger partial charge is 0.268 e. The number of nitrogens with one attached hydrogen (secondary N) is 2. The number of H-pyrrole nitrogens is 1. The molecule has 0 bridgehead atoms. The number of hydrogen-bond donors (Lipinski definition) is 2. The first-order valence-corrected chi connectivity index (χ1v) is 22.3. The van der Waals surface area contributed by atoms with Crippen LogP contribution in [0.1, 0.15) is 61.9 Å². The van der Waals surface area contributed by atoms with E-state index in [1.165, 1.54) is 22.8 Å². The van der Waals surface area contributed by atoms with Gasteiger partial charge in [-0.1, -0.05) is 60.8 Å². The lowest BCUT2D eigenvalue weighted by Gasteiger charge is -2.39. The Morgan fingerprint density at radius 2 is 1.78 bits per heavy atom. The number of para-hydroxylation sites is 1. The van der Waals surface area contributed by atoms with Gasteiger partial charge in [0.2, 0.25) is 5.88 Å². The lowest BCUT2D eigenvalue weighted by Crippen LogP contribution is -2.47. The highest BCUT2D eigenvalue weighted by molar-refractivity contribution is 7.90. The van der Waals surface area contributed by atoms with Gasteiger partial charge in [-0.2, -0.15) is 0 Å². The number of amides is 1. The van der Waals surface area contributed by atoms with Crippen molar-refractivity contribution in [3.05, 3.63) is 106 Å². The lowest BCUT2D eigenvalue weighted by atomic mass is 9.72. The quantitative estimate of drug-likeness (QED) is 0.125. The first kappa shape index (κ1) is 41.1. The average Bonchev–Trinajstić information content (AvgIpc) is 3.70. The average molecular weight is 860 g/mol. The van der Waals surface area contributed by atoms with Crippen molar-refractivity contribution < 1.29 is 27.4 Å². The van der Waals surface area contributed by atoms with Gasteiger partial charge in [-0.3, -0.25) is 9.69 Å². The molecule has 1 amide bonds. The number of carbonyl (C=O) groups is 1. The van der Waals surface area contributed by atoms with Crippen molar-refractivity contribution in [2.24, 2.45) is 11.3 Å². The van der Waals surface area contributed by atoms with Crippen LogP contribution in [0.25, 0.3) is 16.6 Å². The Hall–Kier alpha value is -4.66. The van der Waals surface area contributed by atoms with Crippen LogP contribution >= 0.6 is 23.2 Å². The Morgan fingerprint density at radius 1 is 1.00 bits per heavy atom. The highest BCUT2D eigenvalue weighted by Crippen LogP contribution is 2.44. The number of rotatable bonds is 12. The third-order valence-electron chi connectivity index (χ3n) is 11.5. The van der Waals surface area contributed by atoms with Crippen molar-refractivity contribution in [2.75, 3.05) is 57.4 Å². The van der Waals surface area contributed by atoms with Gasteiger partial charge >= 0.3 is 0 Å². The predicted molar refractivity (Wildman–Crippen MR) is 230 cm³/mol. The van der Waals surface area contributed by atoms with Crippen molar-refractivity contribution in [3.63, 3.8) is 0 Å². The Labute approximate surface area is 354 Å². The fraction of sp³-hybridized carbons (Fsp3) is 0.386. The van der Waals surface area contributed by atoms with E-state index in [4.69, 9.17) is 37.4 Å². The van der Waals surface area contributed by atoms with Gasteiger partial charge in [-0.15, -0.1) is 0 Å². The molecule has 2 saturated heterocycles. The molecule has 0 saturated carbocycles. The van der Waals surface area contributed by atoms with Gasteiger partial charge in [0.05, 0.1) is 30.3 Å². The Balaban J connectivity index is 1.02. The number of nitrogens with zero attached hydrogens (tertiary/aromatic N) is 4. The molecule has 2 aliphatic heterocycles. The Bertz CT molecular complexity index is 2460. The summed E-state index contributed by atoms with van der Waals surface area (Å²) in [7, 11) is -4.41. The van der Waals surface area contributed by atoms with Crippen LogP contribution in [0.5, 0.6) is 17.4 Å². The van der Waals surface area contributed by atoms with Crippen molar-refractivity contribution in [1.29, 1.82) is 0 Å². The molecule has 59 heavy (non-hydrogen) atoms. The number of aromatic nitrogens is 3. The topological polar surface area (TPSA) is 139 Å². The molecule has 310 valence electrons. The number of aromatic amines is 1. The second-order valence-corrected chi connectivity index (χ2v) is 18.8. The van der Waals surface area contributed by atoms with Gasteiger partial charge in [0.15, 0.2) is 5.75 Å². The maximum Gasteiger partial charge on any atom is 0.268 e. The van der Waals surface area contributed by atoms with Crippen molar-refractivity contribution in [1.82, 2.24) is 24.6 Å². The highest BCUT2D eigenvalue weighted by atomic mass is 35.5. The first-order chi connectivity index (χ1) is 28.4. The van der Waals surface area contributed by atoms with Crippen molar-refractivity contribution in [3.8, 4) is 17.4 Å². The van der Waals surface area contributed by atoms with Crippen molar-refractivity contribution in [2.45, 2.75) is 50.8 Å². The monoisotopic (exact) mass is 858 g/mol. The molecule has 12 nitrogen and oxygen atoms in total. The number of piperazine rings is 1. The number of sulfonamides is 1. The molecular formula is C44H48Cl2N6O6S. The third kappa shape index (κ3) is 9.71. The molecule has 3 aromatic heterocycles. The molecule has 2 aromatic carbocycles. The zero-order valence-electron chi connectivity index (χ0n) is 33.2. The number of ether oxygens (including phenoxy) is 3. The zero-order valence-corrected chi connectivity index (χ0v) is 35.5. The molecule has 0 unspecified atom stereocenters. The molecule has 2 fully saturated rings. The van der Waals surface area contributed by atoms with Gasteiger partial charge in [-0.05, 0) is 97.0 Å². The second-order valence-electron chi connectivity index (χ2n) is 16.3. The van der Waals surface area contributed by atoms with E-state index >= 15 is 0 Å². The first-order valence-electron chi connectivity index (χ1n) is 20.0. The van der Waals surface area contributed by atoms with E-state index in [2.05, 4.69) is 55.5 Å². The van der Waals surface area contributed by atoms with E-state index in [1.807, 2.05) is 30.3 Å². The number of halogens is 2. The highest BCUT2D eigenvalue weighted by Gasteiger charge is 2.31. The molecule has 2 N–H and O–H groups in total. The normalized spacial score (nSPS) is 17.9. The molecule has 1 aliphatic carbocycles. The summed E-state index contributed by atoms with van der Waals surface area (Å²) >= 11 is 12.7. The molecule has 5 heterocycles. The zero-order chi connectivity index (χ0) is 41.1. The van der Waals surface area contributed by atoms with Crippen LogP contribution in [-0.4, -0.2) is 86.7 Å². The molecule has 5 aromatic rings. The predicted octanol–water partition coefficient (Wildman–Crippen LogP) is 8.77. The number of carbonyl (C=O) groups excluding carboxylic acids is 1. The summed E-state index contributed by atoms with van der Waals surface area (Å²) in [6.45, 7) is 10.2. The van der Waals surface area contributed by atoms with Crippen LogP contribution in [0.2, 0.25) is 10.0 Å². The Morgan fingerprint density at radius 3 is 2.54 bits per heavy atom. The van der Waals surface area contributed by atoms with Crippen LogP contribution in [-0.2, 0) is 14.8 Å². The van der Waals surface area contributed by atoms with Gasteiger partial charge < -0.3 is 24.1 Å². The van der Waals surface area contributed by atoms with E-state index in [1.54, 1.807) is 24.5 Å².